The van der Waals surface area contributed by atoms with Gasteiger partial charge in [0.15, 0.2) is 0 Å². The summed E-state index contributed by atoms with van der Waals surface area (Å²) in [6.07, 6.45) is 0. The van der Waals surface area contributed by atoms with Gasteiger partial charge in [-0.2, -0.15) is 0 Å². The van der Waals surface area contributed by atoms with E-state index in [1.54, 1.807) is 0 Å². The van der Waals surface area contributed by atoms with Crippen LogP contribution in [0.5, 0.6) is 0 Å². The van der Waals surface area contributed by atoms with Gasteiger partial charge in [-0.05, 0) is 24.3 Å². The summed E-state index contributed by atoms with van der Waals surface area (Å²) < 4.78 is 12.8. The third-order valence-corrected chi connectivity index (χ3v) is 3.40. The quantitative estimate of drug-likeness (QED) is 0.781. The molecule has 1 saturated carbocycles. The van der Waals surface area contributed by atoms with Crippen molar-refractivity contribution in [3.05, 3.63) is 30.1 Å². The summed E-state index contributed by atoms with van der Waals surface area (Å²) in [4.78, 5) is 35.5. The highest BCUT2D eigenvalue weighted by Gasteiger charge is 2.70. The van der Waals surface area contributed by atoms with Crippen molar-refractivity contribution in [1.82, 2.24) is 0 Å². The monoisotopic (exact) mass is 249 g/mol. The summed E-state index contributed by atoms with van der Waals surface area (Å²) in [5.41, 5.74) is 0.280. The zero-order valence-corrected chi connectivity index (χ0v) is 9.04. The van der Waals surface area contributed by atoms with E-state index in [1.807, 2.05) is 0 Å². The average molecular weight is 249 g/mol. The molecule has 1 aromatic carbocycles. The number of anilines is 1. The maximum atomic E-state index is 12.8. The largest absolute Gasteiger partial charge is 0.481 e. The Morgan fingerprint density at radius 3 is 2.06 bits per heavy atom. The zero-order chi connectivity index (χ0) is 13.0. The standard InChI is InChI=1S/C12H8FNO4/c13-5-1-3-6(4-2-5)14-10(15)7-8(11(14)16)9(7)12(17)18/h1-4,7-9H,(H,17,18). The van der Waals surface area contributed by atoms with E-state index >= 15 is 0 Å². The molecule has 2 atom stereocenters. The van der Waals surface area contributed by atoms with Crippen molar-refractivity contribution in [2.75, 3.05) is 4.90 Å². The molecule has 6 heteroatoms. The van der Waals surface area contributed by atoms with Crippen LogP contribution in [-0.2, 0) is 14.4 Å². The normalized spacial score (nSPS) is 29.4. The zero-order valence-electron chi connectivity index (χ0n) is 9.04. The van der Waals surface area contributed by atoms with Crippen LogP contribution in [0.2, 0.25) is 0 Å². The number of imide groups is 1. The SMILES string of the molecule is O=C(O)C1C2C(=O)N(c3ccc(F)cc3)C(=O)C12. The Balaban J connectivity index is 1.90. The van der Waals surface area contributed by atoms with E-state index in [2.05, 4.69) is 0 Å². The number of carboxylic acids is 1. The Kier molecular flexibility index (Phi) is 2.04. The lowest BCUT2D eigenvalue weighted by molar-refractivity contribution is -0.142. The molecule has 1 aliphatic carbocycles. The van der Waals surface area contributed by atoms with Gasteiger partial charge in [0.2, 0.25) is 11.8 Å². The van der Waals surface area contributed by atoms with E-state index in [-0.39, 0.29) is 5.69 Å². The molecule has 1 heterocycles. The minimum absolute atomic E-state index is 0.280. The van der Waals surface area contributed by atoms with Crippen LogP contribution in [0.15, 0.2) is 24.3 Å². The fraction of sp³-hybridized carbons (Fsp3) is 0.250. The summed E-state index contributed by atoms with van der Waals surface area (Å²) in [5, 5.41) is 8.82. The fourth-order valence-corrected chi connectivity index (χ4v) is 2.48. The lowest BCUT2D eigenvalue weighted by atomic mass is 10.2. The minimum Gasteiger partial charge on any atom is -0.481 e. The minimum atomic E-state index is -1.12. The predicted molar refractivity (Wildman–Crippen MR) is 57.0 cm³/mol. The number of nitrogens with zero attached hydrogens (tertiary/aromatic N) is 1. The molecule has 2 amide bonds. The van der Waals surface area contributed by atoms with E-state index in [4.69, 9.17) is 5.11 Å². The first kappa shape index (κ1) is 10.9. The Labute approximate surface area is 101 Å². The van der Waals surface area contributed by atoms with Gasteiger partial charge in [0.05, 0.1) is 23.4 Å². The highest BCUT2D eigenvalue weighted by Crippen LogP contribution is 2.54. The number of fused-ring (bicyclic) bond motifs is 1. The molecule has 1 aromatic rings. The van der Waals surface area contributed by atoms with Crippen molar-refractivity contribution in [1.29, 1.82) is 0 Å². The van der Waals surface area contributed by atoms with E-state index in [0.29, 0.717) is 0 Å². The van der Waals surface area contributed by atoms with Gasteiger partial charge < -0.3 is 5.11 Å². The summed E-state index contributed by atoms with van der Waals surface area (Å²) in [7, 11) is 0. The van der Waals surface area contributed by atoms with Gasteiger partial charge in [0, 0.05) is 0 Å². The molecule has 2 aliphatic rings. The number of amides is 2. The van der Waals surface area contributed by atoms with Gasteiger partial charge in [-0.3, -0.25) is 19.3 Å². The number of halogens is 1. The topological polar surface area (TPSA) is 74.7 Å². The Morgan fingerprint density at radius 1 is 1.11 bits per heavy atom. The third-order valence-electron chi connectivity index (χ3n) is 3.40. The van der Waals surface area contributed by atoms with E-state index < -0.39 is 41.4 Å². The van der Waals surface area contributed by atoms with Crippen LogP contribution in [-0.4, -0.2) is 22.9 Å². The first-order chi connectivity index (χ1) is 8.52. The molecular formula is C12H8FNO4. The van der Waals surface area contributed by atoms with Crippen molar-refractivity contribution < 1.29 is 23.9 Å². The maximum absolute atomic E-state index is 12.8. The number of aliphatic carboxylic acids is 1. The molecule has 1 aliphatic heterocycles. The Hall–Kier alpha value is -2.24. The molecule has 2 fully saturated rings. The second-order valence-electron chi connectivity index (χ2n) is 4.40. The van der Waals surface area contributed by atoms with Crippen molar-refractivity contribution in [3.8, 4) is 0 Å². The van der Waals surface area contributed by atoms with E-state index in [1.165, 1.54) is 12.1 Å². The van der Waals surface area contributed by atoms with Gasteiger partial charge in [0.1, 0.15) is 5.82 Å². The third kappa shape index (κ3) is 1.28. The number of carbonyl (C=O) groups is 3. The van der Waals surface area contributed by atoms with Crippen molar-refractivity contribution in [2.24, 2.45) is 17.8 Å². The molecule has 92 valence electrons. The Bertz CT molecular complexity index is 546. The van der Waals surface area contributed by atoms with Crippen molar-refractivity contribution in [2.45, 2.75) is 0 Å². The van der Waals surface area contributed by atoms with E-state index in [0.717, 1.165) is 17.0 Å². The molecule has 5 nitrogen and oxygen atoms in total. The van der Waals surface area contributed by atoms with Gasteiger partial charge in [-0.1, -0.05) is 0 Å². The molecular weight excluding hydrogens is 241 g/mol. The predicted octanol–water partition coefficient (Wildman–Crippen LogP) is 0.646. The van der Waals surface area contributed by atoms with Gasteiger partial charge in [0.25, 0.3) is 0 Å². The highest BCUT2D eigenvalue weighted by atomic mass is 19.1. The number of piperidine rings is 1. The molecule has 1 saturated heterocycles. The molecule has 18 heavy (non-hydrogen) atoms. The first-order valence-corrected chi connectivity index (χ1v) is 5.38. The highest BCUT2D eigenvalue weighted by molar-refractivity contribution is 6.27. The molecule has 2 unspecified atom stereocenters. The molecule has 3 rings (SSSR count). The lowest BCUT2D eigenvalue weighted by Gasteiger charge is -2.17. The molecule has 0 aromatic heterocycles. The fourth-order valence-electron chi connectivity index (χ4n) is 2.48. The second-order valence-corrected chi connectivity index (χ2v) is 4.40. The number of carbonyl (C=O) groups excluding carboxylic acids is 2. The smallest absolute Gasteiger partial charge is 0.308 e. The van der Waals surface area contributed by atoms with Gasteiger partial charge in [-0.15, -0.1) is 0 Å². The van der Waals surface area contributed by atoms with Gasteiger partial charge >= 0.3 is 5.97 Å². The number of benzene rings is 1. The van der Waals surface area contributed by atoms with Crippen molar-refractivity contribution in [3.63, 3.8) is 0 Å². The number of hydrogen-bond donors (Lipinski definition) is 1. The molecule has 1 N–H and O–H groups in total. The summed E-state index contributed by atoms with van der Waals surface area (Å²) in [6, 6.07) is 4.94. The summed E-state index contributed by atoms with van der Waals surface area (Å²) in [5.74, 6) is -4.99. The lowest BCUT2D eigenvalue weighted by Crippen LogP contribution is -2.35. The van der Waals surface area contributed by atoms with Crippen LogP contribution >= 0.6 is 0 Å². The van der Waals surface area contributed by atoms with Crippen molar-refractivity contribution >= 4 is 23.5 Å². The number of hydrogen-bond acceptors (Lipinski definition) is 3. The molecule has 0 radical (unpaired) electrons. The average Bonchev–Trinajstić information content (AvgIpc) is 3.01. The van der Waals surface area contributed by atoms with Gasteiger partial charge in [-0.25, -0.2) is 4.39 Å². The van der Waals surface area contributed by atoms with Crippen LogP contribution < -0.4 is 4.90 Å². The molecule has 0 bridgehead atoms. The van der Waals surface area contributed by atoms with Crippen LogP contribution in [0, 0.1) is 23.6 Å². The number of carboxylic acid groups (broad SMARTS) is 1. The van der Waals surface area contributed by atoms with Crippen LogP contribution in [0.4, 0.5) is 10.1 Å². The second kappa shape index (κ2) is 3.38. The van der Waals surface area contributed by atoms with Crippen LogP contribution in [0.1, 0.15) is 0 Å². The van der Waals surface area contributed by atoms with Crippen LogP contribution in [0.3, 0.4) is 0 Å². The number of rotatable bonds is 2. The van der Waals surface area contributed by atoms with Crippen LogP contribution in [0.25, 0.3) is 0 Å². The summed E-state index contributed by atoms with van der Waals surface area (Å²) in [6.45, 7) is 0. The van der Waals surface area contributed by atoms with E-state index in [9.17, 15) is 18.8 Å². The first-order valence-electron chi connectivity index (χ1n) is 5.38. The Morgan fingerprint density at radius 2 is 1.61 bits per heavy atom. The maximum Gasteiger partial charge on any atom is 0.308 e. The molecule has 0 spiro atoms. The summed E-state index contributed by atoms with van der Waals surface area (Å²) >= 11 is 0.